The van der Waals surface area contributed by atoms with Gasteiger partial charge in [0.1, 0.15) is 0 Å². The summed E-state index contributed by atoms with van der Waals surface area (Å²) in [6.45, 7) is 0.816. The molecule has 1 aromatic rings. The van der Waals surface area contributed by atoms with E-state index in [1.807, 2.05) is 19.0 Å². The molecule has 0 aliphatic rings. The molecule has 0 bridgehead atoms. The van der Waals surface area contributed by atoms with Crippen molar-refractivity contribution in [2.24, 2.45) is 0 Å². The molecule has 0 spiro atoms. The van der Waals surface area contributed by atoms with Crippen LogP contribution in [0.2, 0.25) is 10.0 Å². The van der Waals surface area contributed by atoms with Crippen LogP contribution in [-0.2, 0) is 0 Å². The number of nitrogens with zero attached hydrogens (tertiary/aromatic N) is 1. The molecule has 100 valence electrons. The Labute approximate surface area is 121 Å². The van der Waals surface area contributed by atoms with Gasteiger partial charge >= 0.3 is 0 Å². The van der Waals surface area contributed by atoms with E-state index in [1.54, 1.807) is 12.1 Å². The van der Waals surface area contributed by atoms with E-state index in [2.05, 4.69) is 0 Å². The molecule has 1 rings (SSSR count). The summed E-state index contributed by atoms with van der Waals surface area (Å²) in [5.74, 6) is 1.03. The van der Waals surface area contributed by atoms with Gasteiger partial charge in [-0.2, -0.15) is 0 Å². The number of thioether (sulfide) groups is 1. The Morgan fingerprint density at radius 1 is 1.33 bits per heavy atom. The minimum absolute atomic E-state index is 0.124. The highest BCUT2D eigenvalue weighted by molar-refractivity contribution is 8.14. The first kappa shape index (κ1) is 15.6. The van der Waals surface area contributed by atoms with E-state index in [4.69, 9.17) is 27.9 Å². The van der Waals surface area contributed by atoms with Gasteiger partial charge < -0.3 is 9.64 Å². The quantitative estimate of drug-likeness (QED) is 0.833. The van der Waals surface area contributed by atoms with Gasteiger partial charge in [-0.05, 0) is 26.2 Å². The van der Waals surface area contributed by atoms with E-state index < -0.39 is 0 Å². The largest absolute Gasteiger partial charge is 0.494 e. The first-order valence-corrected chi connectivity index (χ1v) is 7.05. The van der Waals surface area contributed by atoms with Crippen LogP contribution in [0.25, 0.3) is 0 Å². The van der Waals surface area contributed by atoms with Gasteiger partial charge in [0, 0.05) is 12.3 Å². The molecule has 0 fully saturated rings. The Balaban J connectivity index is 2.88. The molecule has 0 aromatic heterocycles. The van der Waals surface area contributed by atoms with Crippen molar-refractivity contribution in [1.29, 1.82) is 0 Å². The van der Waals surface area contributed by atoms with E-state index in [0.717, 1.165) is 6.54 Å². The Morgan fingerprint density at radius 3 is 2.50 bits per heavy atom. The zero-order chi connectivity index (χ0) is 13.7. The van der Waals surface area contributed by atoms with Gasteiger partial charge in [-0.25, -0.2) is 0 Å². The summed E-state index contributed by atoms with van der Waals surface area (Å²) in [4.78, 5) is 14.1. The Bertz CT molecular complexity index is 438. The van der Waals surface area contributed by atoms with Crippen LogP contribution >= 0.6 is 35.0 Å². The second kappa shape index (κ2) is 7.24. The molecule has 0 aliphatic heterocycles. The van der Waals surface area contributed by atoms with E-state index in [1.165, 1.54) is 18.9 Å². The van der Waals surface area contributed by atoms with Crippen molar-refractivity contribution < 1.29 is 9.53 Å². The second-order valence-corrected chi connectivity index (χ2v) is 5.76. The minimum atomic E-state index is -0.124. The van der Waals surface area contributed by atoms with Crippen molar-refractivity contribution in [3.05, 3.63) is 27.7 Å². The zero-order valence-electron chi connectivity index (χ0n) is 10.5. The summed E-state index contributed by atoms with van der Waals surface area (Å²) in [5.41, 5.74) is 0.343. The molecule has 0 unspecified atom stereocenters. The fraction of sp³-hybridized carbons (Fsp3) is 0.417. The van der Waals surface area contributed by atoms with Gasteiger partial charge in [0.05, 0.1) is 22.7 Å². The Hall–Kier alpha value is -0.420. The first-order valence-electron chi connectivity index (χ1n) is 5.31. The second-order valence-electron chi connectivity index (χ2n) is 3.88. The normalized spacial score (nSPS) is 10.8. The summed E-state index contributed by atoms with van der Waals surface area (Å²) in [7, 11) is 5.38. The lowest BCUT2D eigenvalue weighted by molar-refractivity contribution is 0.108. The van der Waals surface area contributed by atoms with Crippen LogP contribution in [-0.4, -0.2) is 43.5 Å². The molecule has 0 heterocycles. The third-order valence-electron chi connectivity index (χ3n) is 2.24. The van der Waals surface area contributed by atoms with Crippen LogP contribution in [0.3, 0.4) is 0 Å². The van der Waals surface area contributed by atoms with Crippen molar-refractivity contribution in [3.8, 4) is 5.75 Å². The number of benzene rings is 1. The lowest BCUT2D eigenvalue weighted by Crippen LogP contribution is -2.15. The van der Waals surface area contributed by atoms with Crippen molar-refractivity contribution in [2.75, 3.05) is 33.5 Å². The average Bonchev–Trinajstić information content (AvgIpc) is 2.30. The number of hydrogen-bond donors (Lipinski definition) is 0. The molecular formula is C12H15Cl2NO2S. The van der Waals surface area contributed by atoms with Crippen molar-refractivity contribution in [3.63, 3.8) is 0 Å². The molecule has 0 radical (unpaired) electrons. The van der Waals surface area contributed by atoms with Gasteiger partial charge in [-0.1, -0.05) is 35.0 Å². The van der Waals surface area contributed by atoms with Crippen LogP contribution in [0.1, 0.15) is 10.4 Å². The summed E-state index contributed by atoms with van der Waals surface area (Å²) < 4.78 is 5.14. The van der Waals surface area contributed by atoms with Gasteiger partial charge in [0.15, 0.2) is 5.75 Å². The molecule has 0 saturated heterocycles. The lowest BCUT2D eigenvalue weighted by atomic mass is 10.2. The number of rotatable bonds is 5. The maximum atomic E-state index is 12.1. The molecule has 0 amide bonds. The molecular weight excluding hydrogens is 293 g/mol. The molecule has 3 nitrogen and oxygen atoms in total. The van der Waals surface area contributed by atoms with Gasteiger partial charge in [-0.15, -0.1) is 0 Å². The fourth-order valence-electron chi connectivity index (χ4n) is 1.32. The van der Waals surface area contributed by atoms with E-state index in [9.17, 15) is 4.79 Å². The minimum Gasteiger partial charge on any atom is -0.494 e. The third-order valence-corrected chi connectivity index (χ3v) is 3.70. The van der Waals surface area contributed by atoms with Crippen LogP contribution in [0.15, 0.2) is 12.1 Å². The van der Waals surface area contributed by atoms with Crippen LogP contribution in [0.5, 0.6) is 5.75 Å². The van der Waals surface area contributed by atoms with Crippen LogP contribution in [0.4, 0.5) is 0 Å². The highest BCUT2D eigenvalue weighted by Crippen LogP contribution is 2.36. The highest BCUT2D eigenvalue weighted by Gasteiger charge is 2.19. The monoisotopic (exact) mass is 307 g/mol. The maximum absolute atomic E-state index is 12.1. The molecule has 0 N–H and O–H groups in total. The average molecular weight is 308 g/mol. The van der Waals surface area contributed by atoms with Crippen LogP contribution in [0, 0.1) is 0 Å². The number of methoxy groups -OCH3 is 1. The van der Waals surface area contributed by atoms with E-state index >= 15 is 0 Å². The SMILES string of the molecule is COc1c(Cl)ccc(Cl)c1C(=O)SCCN(C)C. The molecule has 0 saturated carbocycles. The Kier molecular flexibility index (Phi) is 6.29. The predicted octanol–water partition coefficient (Wildman–Crippen LogP) is 3.44. The third kappa shape index (κ3) is 4.05. The maximum Gasteiger partial charge on any atom is 0.224 e. The molecule has 6 heteroatoms. The van der Waals surface area contributed by atoms with Gasteiger partial charge in [-0.3, -0.25) is 4.79 Å². The van der Waals surface area contributed by atoms with Crippen molar-refractivity contribution in [1.82, 2.24) is 4.90 Å². The first-order chi connectivity index (χ1) is 8.47. The standard InChI is InChI=1S/C12H15Cl2NO2S/c1-15(2)6-7-18-12(16)10-8(13)4-5-9(14)11(10)17-3/h4-5H,6-7H2,1-3H3. The topological polar surface area (TPSA) is 29.5 Å². The Morgan fingerprint density at radius 2 is 1.94 bits per heavy atom. The number of carbonyl (C=O) groups is 1. The lowest BCUT2D eigenvalue weighted by Gasteiger charge is -2.12. The van der Waals surface area contributed by atoms with Crippen molar-refractivity contribution in [2.45, 2.75) is 0 Å². The number of hydrogen-bond acceptors (Lipinski definition) is 4. The summed E-state index contributed by atoms with van der Waals surface area (Å²) in [6.07, 6.45) is 0. The van der Waals surface area contributed by atoms with Gasteiger partial charge in [0.2, 0.25) is 5.12 Å². The van der Waals surface area contributed by atoms with Gasteiger partial charge in [0.25, 0.3) is 0 Å². The molecule has 0 aliphatic carbocycles. The summed E-state index contributed by atoms with van der Waals surface area (Å²) in [6, 6.07) is 3.22. The zero-order valence-corrected chi connectivity index (χ0v) is 12.8. The number of ether oxygens (including phenoxy) is 1. The smallest absolute Gasteiger partial charge is 0.224 e. The highest BCUT2D eigenvalue weighted by atomic mass is 35.5. The molecule has 1 aromatic carbocycles. The number of carbonyl (C=O) groups excluding carboxylic acids is 1. The summed E-state index contributed by atoms with van der Waals surface area (Å²) in [5, 5.41) is 0.623. The molecule has 0 atom stereocenters. The summed E-state index contributed by atoms with van der Waals surface area (Å²) >= 11 is 13.2. The fourth-order valence-corrected chi connectivity index (χ4v) is 2.83. The van der Waals surface area contributed by atoms with E-state index in [0.29, 0.717) is 27.1 Å². The number of halogens is 2. The van der Waals surface area contributed by atoms with Crippen molar-refractivity contribution >= 4 is 40.1 Å². The molecule has 18 heavy (non-hydrogen) atoms. The van der Waals surface area contributed by atoms with Crippen LogP contribution < -0.4 is 4.74 Å². The van der Waals surface area contributed by atoms with E-state index in [-0.39, 0.29) is 5.12 Å². The predicted molar refractivity (Wildman–Crippen MR) is 78.4 cm³/mol.